The minimum atomic E-state index is -3.22. The Hall–Kier alpha value is -1.45. The number of nitrogens with one attached hydrogen (secondary N) is 2. The van der Waals surface area contributed by atoms with Crippen molar-refractivity contribution >= 4 is 10.0 Å². The van der Waals surface area contributed by atoms with Crippen molar-refractivity contribution in [1.29, 1.82) is 0 Å². The van der Waals surface area contributed by atoms with Gasteiger partial charge in [0.1, 0.15) is 6.33 Å². The van der Waals surface area contributed by atoms with Gasteiger partial charge in [-0.3, -0.25) is 0 Å². The predicted molar refractivity (Wildman–Crippen MR) is 74.3 cm³/mol. The molecule has 0 amide bonds. The van der Waals surface area contributed by atoms with Crippen LogP contribution in [-0.2, 0) is 16.6 Å². The number of hydrogen-bond acceptors (Lipinski definition) is 7. The van der Waals surface area contributed by atoms with Gasteiger partial charge >= 0.3 is 0 Å². The maximum atomic E-state index is 11.5. The van der Waals surface area contributed by atoms with Gasteiger partial charge in [0, 0.05) is 19.6 Å². The van der Waals surface area contributed by atoms with Crippen LogP contribution < -0.4 is 19.5 Å². The first-order valence-electron chi connectivity index (χ1n) is 6.14. The SMILES string of the molecule is CCNS(=O)(=O)CCNCc1c(OC)ncnc1OC. The summed E-state index contributed by atoms with van der Waals surface area (Å²) in [6, 6.07) is 0. The Morgan fingerprint density at radius 1 is 1.20 bits per heavy atom. The highest BCUT2D eigenvalue weighted by atomic mass is 32.2. The molecule has 9 heteroatoms. The zero-order chi connectivity index (χ0) is 15.0. The first kappa shape index (κ1) is 16.6. The highest BCUT2D eigenvalue weighted by molar-refractivity contribution is 7.89. The third kappa shape index (κ3) is 4.91. The minimum absolute atomic E-state index is 0.000832. The molecular weight excluding hydrogens is 284 g/mol. The van der Waals surface area contributed by atoms with E-state index in [2.05, 4.69) is 20.0 Å². The summed E-state index contributed by atoms with van der Waals surface area (Å²) in [7, 11) is -0.222. The molecule has 0 fully saturated rings. The Morgan fingerprint density at radius 2 is 1.80 bits per heavy atom. The van der Waals surface area contributed by atoms with Crippen LogP contribution in [0.15, 0.2) is 6.33 Å². The van der Waals surface area contributed by atoms with Gasteiger partial charge in [0.2, 0.25) is 21.8 Å². The summed E-state index contributed by atoms with van der Waals surface area (Å²) < 4.78 is 35.6. The normalized spacial score (nSPS) is 11.3. The Bertz CT molecular complexity index is 499. The second kappa shape index (κ2) is 7.98. The van der Waals surface area contributed by atoms with E-state index >= 15 is 0 Å². The number of hydrogen-bond donors (Lipinski definition) is 2. The molecule has 0 aliphatic heterocycles. The maximum absolute atomic E-state index is 11.5. The monoisotopic (exact) mass is 304 g/mol. The molecule has 0 aliphatic carbocycles. The number of aromatic nitrogens is 2. The quantitative estimate of drug-likeness (QED) is 0.594. The third-order valence-electron chi connectivity index (χ3n) is 2.47. The van der Waals surface area contributed by atoms with E-state index in [1.165, 1.54) is 20.5 Å². The van der Waals surface area contributed by atoms with Crippen LogP contribution in [-0.4, -0.2) is 51.4 Å². The molecule has 8 nitrogen and oxygen atoms in total. The van der Waals surface area contributed by atoms with Crippen LogP contribution in [0, 0.1) is 0 Å². The van der Waals surface area contributed by atoms with E-state index in [-0.39, 0.29) is 5.75 Å². The number of rotatable bonds is 9. The molecule has 20 heavy (non-hydrogen) atoms. The molecule has 0 aromatic carbocycles. The Morgan fingerprint density at radius 3 is 2.30 bits per heavy atom. The lowest BCUT2D eigenvalue weighted by molar-refractivity contribution is 0.359. The van der Waals surface area contributed by atoms with Gasteiger partial charge in [-0.1, -0.05) is 6.92 Å². The van der Waals surface area contributed by atoms with Gasteiger partial charge < -0.3 is 14.8 Å². The van der Waals surface area contributed by atoms with E-state index in [9.17, 15) is 8.42 Å². The smallest absolute Gasteiger partial charge is 0.224 e. The number of ether oxygens (including phenoxy) is 2. The molecule has 2 N–H and O–H groups in total. The van der Waals surface area contributed by atoms with E-state index in [0.29, 0.717) is 37.0 Å². The summed E-state index contributed by atoms with van der Waals surface area (Å²) in [5.41, 5.74) is 0.651. The van der Waals surface area contributed by atoms with Crippen molar-refractivity contribution in [1.82, 2.24) is 20.0 Å². The Kier molecular flexibility index (Phi) is 6.62. The van der Waals surface area contributed by atoms with Crippen molar-refractivity contribution in [3.63, 3.8) is 0 Å². The first-order chi connectivity index (χ1) is 9.54. The summed E-state index contributed by atoms with van der Waals surface area (Å²) in [4.78, 5) is 7.96. The van der Waals surface area contributed by atoms with Gasteiger partial charge in [-0.05, 0) is 0 Å². The summed E-state index contributed by atoms with van der Waals surface area (Å²) in [6.07, 6.45) is 1.34. The zero-order valence-corrected chi connectivity index (χ0v) is 12.7. The molecule has 0 bridgehead atoms. The second-order valence-corrected chi connectivity index (χ2v) is 5.79. The second-order valence-electron chi connectivity index (χ2n) is 3.86. The lowest BCUT2D eigenvalue weighted by atomic mass is 10.3. The summed E-state index contributed by atoms with van der Waals surface area (Å²) >= 11 is 0. The molecule has 0 saturated heterocycles. The van der Waals surface area contributed by atoms with Gasteiger partial charge in [0.15, 0.2) is 0 Å². The van der Waals surface area contributed by atoms with Crippen molar-refractivity contribution in [3.05, 3.63) is 11.9 Å². The highest BCUT2D eigenvalue weighted by Gasteiger charge is 2.13. The molecule has 0 aliphatic rings. The molecule has 0 saturated carbocycles. The lowest BCUT2D eigenvalue weighted by Gasteiger charge is -2.11. The summed E-state index contributed by atoms with van der Waals surface area (Å²) in [5.74, 6) is 0.803. The first-order valence-corrected chi connectivity index (χ1v) is 7.79. The molecule has 0 atom stereocenters. The van der Waals surface area contributed by atoms with Gasteiger partial charge in [0.05, 0.1) is 25.5 Å². The fourth-order valence-electron chi connectivity index (χ4n) is 1.60. The van der Waals surface area contributed by atoms with Crippen LogP contribution in [0.2, 0.25) is 0 Å². The van der Waals surface area contributed by atoms with Gasteiger partial charge in [-0.2, -0.15) is 0 Å². The average Bonchev–Trinajstić information content (AvgIpc) is 2.43. The third-order valence-corrected chi connectivity index (χ3v) is 3.94. The topological polar surface area (TPSA) is 102 Å². The van der Waals surface area contributed by atoms with Crippen LogP contribution in [0.3, 0.4) is 0 Å². The molecule has 0 radical (unpaired) electrons. The van der Waals surface area contributed by atoms with Crippen LogP contribution in [0.25, 0.3) is 0 Å². The van der Waals surface area contributed by atoms with Gasteiger partial charge in [-0.25, -0.2) is 23.1 Å². The maximum Gasteiger partial charge on any atom is 0.224 e. The number of sulfonamides is 1. The van der Waals surface area contributed by atoms with Crippen LogP contribution in [0.1, 0.15) is 12.5 Å². The van der Waals surface area contributed by atoms with E-state index in [1.54, 1.807) is 6.92 Å². The minimum Gasteiger partial charge on any atom is -0.481 e. The molecular formula is C11H20N4O4S. The van der Waals surface area contributed by atoms with Crippen molar-refractivity contribution in [2.24, 2.45) is 0 Å². The predicted octanol–water partition coefficient (Wildman–Crippen LogP) is -0.477. The molecule has 0 spiro atoms. The lowest BCUT2D eigenvalue weighted by Crippen LogP contribution is -2.31. The van der Waals surface area contributed by atoms with Crippen LogP contribution >= 0.6 is 0 Å². The molecule has 114 valence electrons. The zero-order valence-electron chi connectivity index (χ0n) is 11.8. The van der Waals surface area contributed by atoms with E-state index in [1.807, 2.05) is 0 Å². The summed E-state index contributed by atoms with van der Waals surface area (Å²) in [6.45, 7) is 2.78. The van der Waals surface area contributed by atoms with E-state index < -0.39 is 10.0 Å². The summed E-state index contributed by atoms with van der Waals surface area (Å²) in [5, 5.41) is 3.01. The average molecular weight is 304 g/mol. The van der Waals surface area contributed by atoms with Crippen molar-refractivity contribution in [3.8, 4) is 11.8 Å². The standard InChI is InChI=1S/C11H20N4O4S/c1-4-15-20(16,17)6-5-12-7-9-10(18-2)13-8-14-11(9)19-3/h8,12,15H,4-7H2,1-3H3. The van der Waals surface area contributed by atoms with Gasteiger partial charge in [0.25, 0.3) is 0 Å². The highest BCUT2D eigenvalue weighted by Crippen LogP contribution is 2.22. The van der Waals surface area contributed by atoms with Crippen molar-refractivity contribution in [2.45, 2.75) is 13.5 Å². The van der Waals surface area contributed by atoms with Crippen molar-refractivity contribution in [2.75, 3.05) is 33.1 Å². The molecule has 0 unspecified atom stereocenters. The van der Waals surface area contributed by atoms with Crippen LogP contribution in [0.5, 0.6) is 11.8 Å². The Labute approximate surface area is 119 Å². The molecule has 1 heterocycles. The fourth-order valence-corrected chi connectivity index (χ4v) is 2.59. The van der Waals surface area contributed by atoms with E-state index in [4.69, 9.17) is 9.47 Å². The van der Waals surface area contributed by atoms with E-state index in [0.717, 1.165) is 0 Å². The van der Waals surface area contributed by atoms with Gasteiger partial charge in [-0.15, -0.1) is 0 Å². The Balaban J connectivity index is 2.58. The van der Waals surface area contributed by atoms with Crippen molar-refractivity contribution < 1.29 is 17.9 Å². The number of nitrogens with zero attached hydrogens (tertiary/aromatic N) is 2. The molecule has 1 aromatic heterocycles. The number of methoxy groups -OCH3 is 2. The fraction of sp³-hybridized carbons (Fsp3) is 0.636. The molecule has 1 rings (SSSR count). The largest absolute Gasteiger partial charge is 0.481 e. The molecule has 1 aromatic rings. The van der Waals surface area contributed by atoms with Crippen LogP contribution in [0.4, 0.5) is 0 Å².